The second-order valence-electron chi connectivity index (χ2n) is 4.53. The maximum atomic E-state index is 11.8. The maximum Gasteiger partial charge on any atom is 0.227 e. The molecule has 1 N–H and O–H groups in total. The van der Waals surface area contributed by atoms with Crippen molar-refractivity contribution in [3.05, 3.63) is 24.3 Å². The Kier molecular flexibility index (Phi) is 3.13. The number of hydrogen-bond acceptors (Lipinski definition) is 2. The van der Waals surface area contributed by atoms with Crippen LogP contribution >= 0.6 is 0 Å². The molecule has 0 radical (unpaired) electrons. The Labute approximate surface area is 96.5 Å². The minimum absolute atomic E-state index is 0.167. The molecule has 0 saturated heterocycles. The van der Waals surface area contributed by atoms with Gasteiger partial charge in [-0.1, -0.05) is 18.6 Å². The second kappa shape index (κ2) is 4.56. The molecular formula is C13H18N2O. The van der Waals surface area contributed by atoms with E-state index in [1.807, 2.05) is 43.3 Å². The van der Waals surface area contributed by atoms with E-state index < -0.39 is 0 Å². The van der Waals surface area contributed by atoms with Gasteiger partial charge in [0.25, 0.3) is 0 Å². The molecule has 16 heavy (non-hydrogen) atoms. The lowest BCUT2D eigenvalue weighted by Crippen LogP contribution is -2.28. The minimum Gasteiger partial charge on any atom is -0.376 e. The summed E-state index contributed by atoms with van der Waals surface area (Å²) >= 11 is 0. The number of nitrogens with one attached hydrogen (secondary N) is 1. The lowest BCUT2D eigenvalue weighted by molar-refractivity contribution is -0.122. The third kappa shape index (κ3) is 2.18. The standard InChI is InChI=1S/C13H18N2O/c1-15(2)12-9-4-3-8-11(12)14-13(16)10-6-5-7-10/h3-4,8-10H,5-7H2,1-2H3,(H,14,16). The summed E-state index contributed by atoms with van der Waals surface area (Å²) in [6.45, 7) is 0. The van der Waals surface area contributed by atoms with Crippen LogP contribution in [0.2, 0.25) is 0 Å². The molecule has 1 aliphatic rings. The minimum atomic E-state index is 0.167. The van der Waals surface area contributed by atoms with Gasteiger partial charge in [-0.05, 0) is 25.0 Å². The molecule has 0 bridgehead atoms. The summed E-state index contributed by atoms with van der Waals surface area (Å²) in [5.41, 5.74) is 1.96. The highest BCUT2D eigenvalue weighted by Crippen LogP contribution is 2.29. The first-order valence-electron chi connectivity index (χ1n) is 5.75. The van der Waals surface area contributed by atoms with Crippen LogP contribution in [0.3, 0.4) is 0 Å². The fourth-order valence-corrected chi connectivity index (χ4v) is 1.87. The number of para-hydroxylation sites is 2. The molecule has 0 heterocycles. The zero-order valence-corrected chi connectivity index (χ0v) is 9.86. The van der Waals surface area contributed by atoms with E-state index in [9.17, 15) is 4.79 Å². The van der Waals surface area contributed by atoms with Crippen molar-refractivity contribution in [2.24, 2.45) is 5.92 Å². The van der Waals surface area contributed by atoms with Gasteiger partial charge in [-0.15, -0.1) is 0 Å². The first kappa shape index (κ1) is 11.0. The van der Waals surface area contributed by atoms with Crippen molar-refractivity contribution in [2.75, 3.05) is 24.3 Å². The zero-order chi connectivity index (χ0) is 11.5. The van der Waals surface area contributed by atoms with Crippen LogP contribution in [0.15, 0.2) is 24.3 Å². The molecule has 1 fully saturated rings. The molecule has 3 nitrogen and oxygen atoms in total. The van der Waals surface area contributed by atoms with Crippen LogP contribution in [0, 0.1) is 5.92 Å². The van der Waals surface area contributed by atoms with E-state index in [0.717, 1.165) is 24.2 Å². The van der Waals surface area contributed by atoms with E-state index in [4.69, 9.17) is 0 Å². The van der Waals surface area contributed by atoms with Crippen molar-refractivity contribution in [1.82, 2.24) is 0 Å². The normalized spacial score (nSPS) is 15.4. The Bertz CT molecular complexity index is 383. The Morgan fingerprint density at radius 2 is 2.00 bits per heavy atom. The third-order valence-electron chi connectivity index (χ3n) is 3.12. The van der Waals surface area contributed by atoms with Crippen molar-refractivity contribution in [3.8, 4) is 0 Å². The van der Waals surface area contributed by atoms with E-state index in [0.29, 0.717) is 0 Å². The van der Waals surface area contributed by atoms with Gasteiger partial charge in [-0.25, -0.2) is 0 Å². The Balaban J connectivity index is 2.10. The van der Waals surface area contributed by atoms with Crippen LogP contribution in [0.1, 0.15) is 19.3 Å². The number of rotatable bonds is 3. The van der Waals surface area contributed by atoms with E-state index in [2.05, 4.69) is 5.32 Å². The van der Waals surface area contributed by atoms with Crippen molar-refractivity contribution in [2.45, 2.75) is 19.3 Å². The van der Waals surface area contributed by atoms with Crippen LogP contribution in [-0.4, -0.2) is 20.0 Å². The molecule has 1 aromatic carbocycles. The van der Waals surface area contributed by atoms with Gasteiger partial charge in [0.05, 0.1) is 11.4 Å². The van der Waals surface area contributed by atoms with Crippen LogP contribution in [-0.2, 0) is 4.79 Å². The fraction of sp³-hybridized carbons (Fsp3) is 0.462. The average Bonchev–Trinajstić information content (AvgIpc) is 2.15. The quantitative estimate of drug-likeness (QED) is 0.845. The molecule has 0 atom stereocenters. The van der Waals surface area contributed by atoms with Gasteiger partial charge in [0, 0.05) is 20.0 Å². The summed E-state index contributed by atoms with van der Waals surface area (Å²) in [4.78, 5) is 13.9. The molecule has 0 unspecified atom stereocenters. The molecule has 0 spiro atoms. The molecule has 1 saturated carbocycles. The van der Waals surface area contributed by atoms with Gasteiger partial charge in [0.15, 0.2) is 0 Å². The first-order chi connectivity index (χ1) is 7.68. The van der Waals surface area contributed by atoms with E-state index in [1.54, 1.807) is 0 Å². The van der Waals surface area contributed by atoms with E-state index in [-0.39, 0.29) is 11.8 Å². The number of nitrogens with zero attached hydrogens (tertiary/aromatic N) is 1. The molecule has 86 valence electrons. The highest BCUT2D eigenvalue weighted by molar-refractivity contribution is 5.96. The number of benzene rings is 1. The summed E-state index contributed by atoms with van der Waals surface area (Å²) in [6, 6.07) is 7.89. The molecular weight excluding hydrogens is 200 g/mol. The molecule has 0 aromatic heterocycles. The van der Waals surface area contributed by atoms with Crippen molar-refractivity contribution < 1.29 is 4.79 Å². The van der Waals surface area contributed by atoms with Gasteiger partial charge < -0.3 is 10.2 Å². The van der Waals surface area contributed by atoms with E-state index >= 15 is 0 Å². The Hall–Kier alpha value is -1.51. The summed E-state index contributed by atoms with van der Waals surface area (Å²) in [5.74, 6) is 0.399. The largest absolute Gasteiger partial charge is 0.376 e. The molecule has 0 aliphatic heterocycles. The molecule has 1 amide bonds. The van der Waals surface area contributed by atoms with Crippen LogP contribution in [0.25, 0.3) is 0 Å². The van der Waals surface area contributed by atoms with Crippen molar-refractivity contribution in [1.29, 1.82) is 0 Å². The van der Waals surface area contributed by atoms with Crippen molar-refractivity contribution >= 4 is 17.3 Å². The van der Waals surface area contributed by atoms with Crippen LogP contribution < -0.4 is 10.2 Å². The van der Waals surface area contributed by atoms with Gasteiger partial charge in [0.1, 0.15) is 0 Å². The number of hydrogen-bond donors (Lipinski definition) is 1. The van der Waals surface area contributed by atoms with Gasteiger partial charge >= 0.3 is 0 Å². The van der Waals surface area contributed by atoms with Crippen molar-refractivity contribution in [3.63, 3.8) is 0 Å². The number of amides is 1. The van der Waals surface area contributed by atoms with Gasteiger partial charge in [0.2, 0.25) is 5.91 Å². The maximum absolute atomic E-state index is 11.8. The zero-order valence-electron chi connectivity index (χ0n) is 9.86. The summed E-state index contributed by atoms with van der Waals surface area (Å²) in [5, 5.41) is 3.01. The van der Waals surface area contributed by atoms with Gasteiger partial charge in [-0.2, -0.15) is 0 Å². The number of carbonyl (C=O) groups excluding carboxylic acids is 1. The second-order valence-corrected chi connectivity index (χ2v) is 4.53. The highest BCUT2D eigenvalue weighted by Gasteiger charge is 2.25. The predicted molar refractivity (Wildman–Crippen MR) is 66.7 cm³/mol. The number of carbonyl (C=O) groups is 1. The van der Waals surface area contributed by atoms with E-state index in [1.165, 1.54) is 6.42 Å². The Morgan fingerprint density at radius 3 is 2.56 bits per heavy atom. The first-order valence-corrected chi connectivity index (χ1v) is 5.75. The molecule has 2 rings (SSSR count). The van der Waals surface area contributed by atoms with Gasteiger partial charge in [-0.3, -0.25) is 4.79 Å². The number of anilines is 2. The van der Waals surface area contributed by atoms with Crippen LogP contribution in [0.5, 0.6) is 0 Å². The smallest absolute Gasteiger partial charge is 0.227 e. The fourth-order valence-electron chi connectivity index (χ4n) is 1.87. The third-order valence-corrected chi connectivity index (χ3v) is 3.12. The molecule has 3 heteroatoms. The average molecular weight is 218 g/mol. The SMILES string of the molecule is CN(C)c1ccccc1NC(=O)C1CCC1. The predicted octanol–water partition coefficient (Wildman–Crippen LogP) is 2.49. The summed E-state index contributed by atoms with van der Waals surface area (Å²) in [7, 11) is 3.96. The molecule has 1 aromatic rings. The lowest BCUT2D eigenvalue weighted by atomic mass is 9.85. The highest BCUT2D eigenvalue weighted by atomic mass is 16.1. The monoisotopic (exact) mass is 218 g/mol. The van der Waals surface area contributed by atoms with Crippen LogP contribution in [0.4, 0.5) is 11.4 Å². The molecule has 1 aliphatic carbocycles. The Morgan fingerprint density at radius 1 is 1.31 bits per heavy atom. The lowest BCUT2D eigenvalue weighted by Gasteiger charge is -2.25. The topological polar surface area (TPSA) is 32.3 Å². The summed E-state index contributed by atoms with van der Waals surface area (Å²) < 4.78 is 0. The summed E-state index contributed by atoms with van der Waals surface area (Å²) in [6.07, 6.45) is 3.26.